The number of aliphatic hydroxyl groups is 1. The van der Waals surface area contributed by atoms with E-state index in [0.717, 1.165) is 38.8 Å². The van der Waals surface area contributed by atoms with Crippen LogP contribution in [-0.2, 0) is 9.53 Å². The second kappa shape index (κ2) is 5.80. The molecule has 0 aromatic carbocycles. The molecular formula is C15H27NO3. The summed E-state index contributed by atoms with van der Waals surface area (Å²) in [6.45, 7) is 7.73. The Morgan fingerprint density at radius 3 is 2.58 bits per heavy atom. The minimum Gasteiger partial charge on any atom is -0.393 e. The van der Waals surface area contributed by atoms with Crippen molar-refractivity contribution in [3.8, 4) is 0 Å². The number of piperidine rings is 1. The second-order valence-electron chi connectivity index (χ2n) is 6.41. The topological polar surface area (TPSA) is 49.8 Å². The number of rotatable bonds is 2. The van der Waals surface area contributed by atoms with Crippen molar-refractivity contribution in [3.63, 3.8) is 0 Å². The molecule has 2 saturated heterocycles. The number of nitrogens with zero attached hydrogens (tertiary/aromatic N) is 1. The van der Waals surface area contributed by atoms with E-state index in [1.165, 1.54) is 0 Å². The van der Waals surface area contributed by atoms with Gasteiger partial charge in [-0.25, -0.2) is 0 Å². The van der Waals surface area contributed by atoms with Crippen molar-refractivity contribution in [2.24, 2.45) is 5.92 Å². The van der Waals surface area contributed by atoms with Crippen LogP contribution < -0.4 is 0 Å². The highest BCUT2D eigenvalue weighted by Crippen LogP contribution is 2.39. The van der Waals surface area contributed by atoms with Gasteiger partial charge in [0.25, 0.3) is 0 Å². The molecule has 0 unspecified atom stereocenters. The Hall–Kier alpha value is -0.610. The van der Waals surface area contributed by atoms with Gasteiger partial charge in [0, 0.05) is 25.9 Å². The van der Waals surface area contributed by atoms with Crippen molar-refractivity contribution < 1.29 is 14.6 Å². The van der Waals surface area contributed by atoms with Crippen molar-refractivity contribution in [3.05, 3.63) is 0 Å². The zero-order valence-corrected chi connectivity index (χ0v) is 12.4. The lowest BCUT2D eigenvalue weighted by Gasteiger charge is -2.48. The van der Waals surface area contributed by atoms with E-state index in [4.69, 9.17) is 4.74 Å². The fourth-order valence-corrected chi connectivity index (χ4v) is 3.32. The van der Waals surface area contributed by atoms with Crippen molar-refractivity contribution in [2.45, 2.75) is 70.7 Å². The Labute approximate surface area is 116 Å². The molecule has 1 N–H and O–H groups in total. The minimum absolute atomic E-state index is 0.150. The van der Waals surface area contributed by atoms with E-state index in [2.05, 4.69) is 13.8 Å². The molecule has 2 aliphatic heterocycles. The highest BCUT2D eigenvalue weighted by molar-refractivity contribution is 5.75. The Morgan fingerprint density at radius 2 is 2.05 bits per heavy atom. The number of aliphatic hydroxyl groups excluding tert-OH is 1. The van der Waals surface area contributed by atoms with Gasteiger partial charge in [0.2, 0.25) is 5.91 Å². The van der Waals surface area contributed by atoms with Crippen molar-refractivity contribution in [1.29, 1.82) is 0 Å². The third kappa shape index (κ3) is 3.29. The maximum atomic E-state index is 11.7. The first-order valence-electron chi connectivity index (χ1n) is 7.59. The second-order valence-corrected chi connectivity index (χ2v) is 6.41. The number of amides is 1. The summed E-state index contributed by atoms with van der Waals surface area (Å²) in [6, 6.07) is 0. The fourth-order valence-electron chi connectivity index (χ4n) is 3.32. The van der Waals surface area contributed by atoms with Crippen LogP contribution in [0.15, 0.2) is 0 Å². The van der Waals surface area contributed by atoms with Gasteiger partial charge in [-0.05, 0) is 25.2 Å². The zero-order chi connectivity index (χ0) is 14.0. The minimum atomic E-state index is -0.255. The normalized spacial score (nSPS) is 30.9. The van der Waals surface area contributed by atoms with Crippen molar-refractivity contribution >= 4 is 5.91 Å². The van der Waals surface area contributed by atoms with Crippen molar-refractivity contribution in [2.75, 3.05) is 13.1 Å². The maximum Gasteiger partial charge on any atom is 0.222 e. The molecule has 2 heterocycles. The Morgan fingerprint density at radius 1 is 1.42 bits per heavy atom. The lowest BCUT2D eigenvalue weighted by Crippen LogP contribution is -2.54. The highest BCUT2D eigenvalue weighted by atomic mass is 16.5. The van der Waals surface area contributed by atoms with Crippen LogP contribution in [0.2, 0.25) is 0 Å². The molecule has 2 atom stereocenters. The van der Waals surface area contributed by atoms with E-state index in [0.29, 0.717) is 12.3 Å². The fraction of sp³-hybridized carbons (Fsp3) is 0.933. The van der Waals surface area contributed by atoms with Gasteiger partial charge in [-0.1, -0.05) is 20.8 Å². The number of ether oxygens (including phenoxy) is 1. The zero-order valence-electron chi connectivity index (χ0n) is 12.4. The molecule has 19 heavy (non-hydrogen) atoms. The summed E-state index contributed by atoms with van der Waals surface area (Å²) in [6.07, 6.45) is 3.66. The summed E-state index contributed by atoms with van der Waals surface area (Å²) in [4.78, 5) is 13.6. The molecule has 2 fully saturated rings. The molecule has 0 radical (unpaired) electrons. The van der Waals surface area contributed by atoms with Gasteiger partial charge in [-0.2, -0.15) is 0 Å². The van der Waals surface area contributed by atoms with Gasteiger partial charge in [0.15, 0.2) is 0 Å². The lowest BCUT2D eigenvalue weighted by molar-refractivity contribution is -0.193. The van der Waals surface area contributed by atoms with Crippen LogP contribution in [-0.4, -0.2) is 46.8 Å². The standard InChI is InChI=1S/C15H27NO3/c1-4-14(18)16-7-5-15(6-8-16)10-12(17)9-13(19-15)11(2)3/h11-13,17H,4-10H2,1-3H3/t12-,13-/m1/s1. The molecule has 2 rings (SSSR count). The molecule has 0 aliphatic carbocycles. The van der Waals surface area contributed by atoms with Crippen LogP contribution in [0.3, 0.4) is 0 Å². The van der Waals surface area contributed by atoms with Crippen LogP contribution in [0.4, 0.5) is 0 Å². The third-order valence-corrected chi connectivity index (χ3v) is 4.59. The largest absolute Gasteiger partial charge is 0.393 e. The quantitative estimate of drug-likeness (QED) is 0.833. The highest BCUT2D eigenvalue weighted by Gasteiger charge is 2.44. The summed E-state index contributed by atoms with van der Waals surface area (Å²) in [5.74, 6) is 0.661. The molecule has 0 bridgehead atoms. The Kier molecular flexibility index (Phi) is 4.51. The van der Waals surface area contributed by atoms with E-state index in [-0.39, 0.29) is 23.7 Å². The molecule has 0 aromatic heterocycles. The third-order valence-electron chi connectivity index (χ3n) is 4.59. The van der Waals surface area contributed by atoms with Crippen LogP contribution >= 0.6 is 0 Å². The SMILES string of the molecule is CCC(=O)N1CCC2(CC1)C[C@H](O)C[C@H](C(C)C)O2. The first kappa shape index (κ1) is 14.8. The van der Waals surface area contributed by atoms with E-state index in [1.807, 2.05) is 11.8 Å². The summed E-state index contributed by atoms with van der Waals surface area (Å²) < 4.78 is 6.31. The number of hydrogen-bond donors (Lipinski definition) is 1. The van der Waals surface area contributed by atoms with Crippen molar-refractivity contribution in [1.82, 2.24) is 4.90 Å². The molecule has 0 aromatic rings. The molecule has 4 heteroatoms. The average molecular weight is 269 g/mol. The van der Waals surface area contributed by atoms with Crippen LogP contribution in [0, 0.1) is 5.92 Å². The Bertz CT molecular complexity index is 321. The predicted molar refractivity (Wildman–Crippen MR) is 73.8 cm³/mol. The van der Waals surface area contributed by atoms with Gasteiger partial charge in [-0.15, -0.1) is 0 Å². The summed E-state index contributed by atoms with van der Waals surface area (Å²) >= 11 is 0. The summed E-state index contributed by atoms with van der Waals surface area (Å²) in [5.41, 5.74) is -0.197. The predicted octanol–water partition coefficient (Wildman–Crippen LogP) is 1.95. The van der Waals surface area contributed by atoms with Gasteiger partial charge in [-0.3, -0.25) is 4.79 Å². The molecule has 0 saturated carbocycles. The van der Waals surface area contributed by atoms with E-state index >= 15 is 0 Å². The van der Waals surface area contributed by atoms with Gasteiger partial charge < -0.3 is 14.7 Å². The number of carbonyl (C=O) groups is 1. The first-order valence-corrected chi connectivity index (χ1v) is 7.59. The van der Waals surface area contributed by atoms with Gasteiger partial charge >= 0.3 is 0 Å². The molecule has 1 amide bonds. The number of likely N-dealkylation sites (tertiary alicyclic amines) is 1. The maximum absolute atomic E-state index is 11.7. The Balaban J connectivity index is 1.98. The van der Waals surface area contributed by atoms with E-state index in [1.54, 1.807) is 0 Å². The average Bonchev–Trinajstić information content (AvgIpc) is 2.37. The van der Waals surface area contributed by atoms with Crippen LogP contribution in [0.25, 0.3) is 0 Å². The first-order chi connectivity index (χ1) is 8.96. The van der Waals surface area contributed by atoms with E-state index < -0.39 is 0 Å². The lowest BCUT2D eigenvalue weighted by atomic mass is 9.80. The van der Waals surface area contributed by atoms with Crippen LogP contribution in [0.5, 0.6) is 0 Å². The summed E-state index contributed by atoms with van der Waals surface area (Å²) in [5, 5.41) is 10.1. The summed E-state index contributed by atoms with van der Waals surface area (Å²) in [7, 11) is 0. The van der Waals surface area contributed by atoms with E-state index in [9.17, 15) is 9.90 Å². The number of carbonyl (C=O) groups excluding carboxylic acids is 1. The smallest absolute Gasteiger partial charge is 0.222 e. The molecule has 4 nitrogen and oxygen atoms in total. The van der Waals surface area contributed by atoms with Gasteiger partial charge in [0.1, 0.15) is 0 Å². The molecule has 2 aliphatic rings. The molecular weight excluding hydrogens is 242 g/mol. The van der Waals surface area contributed by atoms with Gasteiger partial charge in [0.05, 0.1) is 17.8 Å². The molecule has 1 spiro atoms. The van der Waals surface area contributed by atoms with Crippen LogP contribution in [0.1, 0.15) is 52.9 Å². The monoisotopic (exact) mass is 269 g/mol. The molecule has 110 valence electrons. The number of hydrogen-bond acceptors (Lipinski definition) is 3.